The first-order chi connectivity index (χ1) is 48.3. The maximum atomic E-state index is 15.7. The van der Waals surface area contributed by atoms with Crippen LogP contribution in [-0.2, 0) is 74.9 Å². The highest BCUT2D eigenvalue weighted by Gasteiger charge is 2.52. The number of likely N-dealkylation sites (N-methyl/N-ethyl adjacent to an activating group) is 8. The molecule has 13 amide bonds. The van der Waals surface area contributed by atoms with Crippen LogP contribution in [0.2, 0.25) is 5.02 Å². The summed E-state index contributed by atoms with van der Waals surface area (Å²) in [6.45, 7) is 8.23. The Kier molecular flexibility index (Phi) is 30.2. The quantitative estimate of drug-likeness (QED) is 0.191. The van der Waals surface area contributed by atoms with Crippen LogP contribution < -0.4 is 21.3 Å². The van der Waals surface area contributed by atoms with Gasteiger partial charge in [-0.3, -0.25) is 62.3 Å². The first-order valence-corrected chi connectivity index (χ1v) is 37.0. The lowest BCUT2D eigenvalue weighted by Gasteiger charge is -2.45. The number of carbonyl (C=O) groups is 13. The molecule has 3 aliphatic carbocycles. The number of fused-ring (bicyclic) bond motifs is 1. The van der Waals surface area contributed by atoms with Crippen LogP contribution in [0, 0.1) is 23.7 Å². The molecule has 10 atom stereocenters. The summed E-state index contributed by atoms with van der Waals surface area (Å²) in [6.07, 6.45) is 1.98. The average Bonchev–Trinajstić information content (AvgIpc) is 1.50. The van der Waals surface area contributed by atoms with E-state index in [0.717, 1.165) is 58.9 Å². The van der Waals surface area contributed by atoms with E-state index in [-0.39, 0.29) is 81.7 Å². The summed E-state index contributed by atoms with van der Waals surface area (Å²) in [5.74, 6) is -10.2. The van der Waals surface area contributed by atoms with E-state index in [9.17, 15) is 51.5 Å². The Morgan fingerprint density at radius 1 is 0.689 bits per heavy atom. The van der Waals surface area contributed by atoms with E-state index in [4.69, 9.17) is 11.6 Å². The Labute approximate surface area is 610 Å². The standard InChI is InChI=1S/C73H113ClF3N13O13/c1-16-44(4)60-69(101)84(10)45(5)64(96)90-37-34-53(90)68(100)87(13)55(40-46-24-18-17-19-25-46)67(99)83(9)42-58(92)79-51(31-29-47-28-30-49(50(74)39-47)73(75,76)77)65(97)86(12)52(32-33-57(91)78-6)63(95)81-72(35-22-23-36-72)71(103)89(15)61(48-26-20-21-27-48)70(102)88(14)56(66(98)82(7)8)41-59(93)85(11)54(38-43(2)3)62(94)80-60/h28,30,39,43-46,48,51-56,60-61H,16-27,29,31-38,40-42H2,1-15H3,(H,78,91)(H,79,92)(H,80,94)(H,81,95)/t44-,45-,51-,52-,53-,54-,55-,56-,60?,61-/m0/s1. The molecule has 1 spiro atoms. The SMILES string of the molecule is CC[C@H](C)C1NC(=O)[C@H](CC(C)C)N(C)C(=O)C[C@@H](C(=O)N(C)C)N(C)C(=O)[C@H](C2CCCC2)N(C)C(=O)C2(CCCC2)NC(=O)[C@H](CCC(=O)NC)N(C)C(=O)[C@H](CCc2ccc(C(F)(F)F)c(Cl)c2)NC(=O)CN(C)C(=O)[C@H](CC2CCCCC2)N(C)C(=O)[C@@H]2CCN2C(=O)[C@H](C)N(C)C1=O. The lowest BCUT2D eigenvalue weighted by atomic mass is 9.84. The Hall–Kier alpha value is -7.59. The van der Waals surface area contributed by atoms with Gasteiger partial charge in [-0.05, 0) is 112 Å². The number of halogens is 4. The minimum atomic E-state index is -4.80. The van der Waals surface area contributed by atoms with Crippen molar-refractivity contribution in [2.75, 3.05) is 83.6 Å². The lowest BCUT2D eigenvalue weighted by molar-refractivity contribution is -0.160. The molecule has 3 saturated carbocycles. The average molecular weight is 1470 g/mol. The number of benzene rings is 1. The molecule has 5 fully saturated rings. The van der Waals surface area contributed by atoms with E-state index in [0.29, 0.717) is 44.9 Å². The highest BCUT2D eigenvalue weighted by molar-refractivity contribution is 6.31. The molecule has 0 bridgehead atoms. The number of alkyl halides is 3. The number of nitrogens with zero attached hydrogens (tertiary/aromatic N) is 9. The second-order valence-corrected chi connectivity index (χ2v) is 30.5. The maximum absolute atomic E-state index is 15.7. The molecule has 2 saturated heterocycles. The van der Waals surface area contributed by atoms with E-state index in [1.165, 1.54) is 113 Å². The Morgan fingerprint density at radius 2 is 1.30 bits per heavy atom. The number of hydrogen-bond donors (Lipinski definition) is 4. The third kappa shape index (κ3) is 20.7. The van der Waals surface area contributed by atoms with Crippen LogP contribution in [0.3, 0.4) is 0 Å². The van der Waals surface area contributed by atoms with Crippen molar-refractivity contribution in [3.8, 4) is 0 Å². The van der Waals surface area contributed by atoms with Gasteiger partial charge in [-0.1, -0.05) is 110 Å². The van der Waals surface area contributed by atoms with Crippen LogP contribution in [0.1, 0.15) is 181 Å². The van der Waals surface area contributed by atoms with E-state index >= 15 is 24.0 Å². The van der Waals surface area contributed by atoms with Crippen molar-refractivity contribution in [3.63, 3.8) is 0 Å². The van der Waals surface area contributed by atoms with Gasteiger partial charge in [0.2, 0.25) is 76.8 Å². The van der Waals surface area contributed by atoms with Crippen molar-refractivity contribution in [2.24, 2.45) is 23.7 Å². The van der Waals surface area contributed by atoms with Gasteiger partial charge in [0.15, 0.2) is 0 Å². The minimum absolute atomic E-state index is 0.0103. The fraction of sp³-hybridized carbons (Fsp3) is 0.740. The minimum Gasteiger partial charge on any atom is -0.359 e. The van der Waals surface area contributed by atoms with Gasteiger partial charge in [-0.25, -0.2) is 0 Å². The van der Waals surface area contributed by atoms with E-state index in [2.05, 4.69) is 21.3 Å². The number of rotatable bonds is 14. The van der Waals surface area contributed by atoms with Crippen LogP contribution in [0.5, 0.6) is 0 Å². The maximum Gasteiger partial charge on any atom is 0.417 e. The zero-order valence-electron chi connectivity index (χ0n) is 63.1. The van der Waals surface area contributed by atoms with E-state index < -0.39 is 178 Å². The molecule has 2 aliphatic heterocycles. The van der Waals surface area contributed by atoms with Crippen LogP contribution in [-0.4, -0.2) is 264 Å². The van der Waals surface area contributed by atoms with E-state index in [1.807, 2.05) is 20.8 Å². The molecule has 576 valence electrons. The molecule has 4 N–H and O–H groups in total. The van der Waals surface area contributed by atoms with Crippen molar-refractivity contribution in [1.82, 2.24) is 65.4 Å². The monoisotopic (exact) mass is 1470 g/mol. The van der Waals surface area contributed by atoms with Crippen molar-refractivity contribution in [1.29, 1.82) is 0 Å². The van der Waals surface area contributed by atoms with Gasteiger partial charge in [0.05, 0.1) is 23.6 Å². The molecule has 0 radical (unpaired) electrons. The molecule has 0 aromatic heterocycles. The number of carbonyl (C=O) groups excluding carboxylic acids is 13. The summed E-state index contributed by atoms with van der Waals surface area (Å²) in [5, 5.41) is 10.5. The predicted molar refractivity (Wildman–Crippen MR) is 379 cm³/mol. The summed E-state index contributed by atoms with van der Waals surface area (Å²) >= 11 is 6.17. The number of nitrogens with one attached hydrogen (secondary N) is 4. The van der Waals surface area contributed by atoms with Crippen molar-refractivity contribution in [3.05, 3.63) is 34.3 Å². The van der Waals surface area contributed by atoms with Gasteiger partial charge in [0.25, 0.3) is 0 Å². The fourth-order valence-electron chi connectivity index (χ4n) is 15.3. The second-order valence-electron chi connectivity index (χ2n) is 30.1. The molecule has 103 heavy (non-hydrogen) atoms. The topological polar surface area (TPSA) is 299 Å². The van der Waals surface area contributed by atoms with Gasteiger partial charge in [-0.2, -0.15) is 13.2 Å². The zero-order valence-corrected chi connectivity index (χ0v) is 63.8. The lowest BCUT2D eigenvalue weighted by Crippen LogP contribution is -2.65. The largest absolute Gasteiger partial charge is 0.417 e. The third-order valence-corrected chi connectivity index (χ3v) is 22.7. The fourth-order valence-corrected chi connectivity index (χ4v) is 15.6. The van der Waals surface area contributed by atoms with Gasteiger partial charge >= 0.3 is 6.18 Å². The molecular formula is C73H113ClF3N13O13. The zero-order chi connectivity index (χ0) is 76.9. The summed E-state index contributed by atoms with van der Waals surface area (Å²) in [5.41, 5.74) is -2.58. The molecule has 30 heteroatoms. The van der Waals surface area contributed by atoms with Gasteiger partial charge in [0.1, 0.15) is 59.9 Å². The smallest absolute Gasteiger partial charge is 0.359 e. The van der Waals surface area contributed by atoms with Gasteiger partial charge < -0.3 is 65.4 Å². The molecule has 26 nitrogen and oxygen atoms in total. The second kappa shape index (κ2) is 36.9. The Morgan fingerprint density at radius 3 is 1.85 bits per heavy atom. The highest BCUT2D eigenvalue weighted by Crippen LogP contribution is 2.39. The molecule has 1 aromatic rings. The van der Waals surface area contributed by atoms with E-state index in [1.54, 1.807) is 6.92 Å². The van der Waals surface area contributed by atoms with Gasteiger partial charge in [0, 0.05) is 83.4 Å². The highest BCUT2D eigenvalue weighted by atomic mass is 35.5. The molecule has 6 rings (SSSR count). The first kappa shape index (κ1) is 84.3. The first-order valence-electron chi connectivity index (χ1n) is 36.7. The van der Waals surface area contributed by atoms with Crippen molar-refractivity contribution >= 4 is 88.4 Å². The third-order valence-electron chi connectivity index (χ3n) is 22.4. The molecule has 5 aliphatic rings. The Balaban J connectivity index is 1.48. The van der Waals surface area contributed by atoms with Crippen LogP contribution in [0.25, 0.3) is 0 Å². The molecular weight excluding hydrogens is 1360 g/mol. The van der Waals surface area contributed by atoms with Crippen LogP contribution in [0.4, 0.5) is 13.2 Å². The number of amides is 13. The van der Waals surface area contributed by atoms with Crippen molar-refractivity contribution in [2.45, 2.75) is 242 Å². The molecule has 1 unspecified atom stereocenters. The summed E-state index contributed by atoms with van der Waals surface area (Å²) in [6, 6.07) is -8.68. The number of aryl methyl sites for hydroxylation is 1. The summed E-state index contributed by atoms with van der Waals surface area (Å²) in [7, 11) is 14.0. The molecule has 1 aromatic carbocycles. The van der Waals surface area contributed by atoms with Gasteiger partial charge in [-0.15, -0.1) is 0 Å². The van der Waals surface area contributed by atoms with Crippen LogP contribution >= 0.6 is 11.6 Å². The summed E-state index contributed by atoms with van der Waals surface area (Å²) in [4.78, 5) is 204. The normalized spacial score (nSPS) is 26.7. The number of hydrogen-bond acceptors (Lipinski definition) is 13. The van der Waals surface area contributed by atoms with Crippen LogP contribution in [0.15, 0.2) is 18.2 Å². The Bertz CT molecular complexity index is 3250. The summed E-state index contributed by atoms with van der Waals surface area (Å²) < 4.78 is 41.8. The molecule has 2 heterocycles. The predicted octanol–water partition coefficient (Wildman–Crippen LogP) is 5.00. The van der Waals surface area contributed by atoms with Crippen molar-refractivity contribution < 1.29 is 75.5 Å².